The second-order valence-corrected chi connectivity index (χ2v) is 8.59. The number of piperidine rings is 1. The first-order valence-electron chi connectivity index (χ1n) is 11.6. The molecule has 2 aliphatic heterocycles. The number of likely N-dealkylation sites (tertiary alicyclic amines) is 1. The Morgan fingerprint density at radius 2 is 1.97 bits per heavy atom. The summed E-state index contributed by atoms with van der Waals surface area (Å²) in [6.07, 6.45) is 5.96. The summed E-state index contributed by atoms with van der Waals surface area (Å²) in [5.74, 6) is 1.23. The first-order valence-corrected chi connectivity index (χ1v) is 11.6. The van der Waals surface area contributed by atoms with Gasteiger partial charge < -0.3 is 19.9 Å². The highest BCUT2D eigenvalue weighted by molar-refractivity contribution is 5.94. The molecule has 31 heavy (non-hydrogen) atoms. The number of carbonyl (C=O) groups excluding carboxylic acids is 3. The molecule has 0 aromatic heterocycles. The van der Waals surface area contributed by atoms with Gasteiger partial charge in [-0.25, -0.2) is 0 Å². The molecule has 0 saturated carbocycles. The normalized spacial score (nSPS) is 16.5. The zero-order valence-corrected chi connectivity index (χ0v) is 18.8. The van der Waals surface area contributed by atoms with Crippen molar-refractivity contribution in [2.45, 2.75) is 58.3 Å². The molecule has 3 rings (SSSR count). The van der Waals surface area contributed by atoms with E-state index in [0.29, 0.717) is 39.0 Å². The highest BCUT2D eigenvalue weighted by atomic mass is 16.5. The van der Waals surface area contributed by atoms with Gasteiger partial charge in [-0.05, 0) is 55.9 Å². The van der Waals surface area contributed by atoms with Crippen LogP contribution in [0, 0.1) is 5.92 Å². The van der Waals surface area contributed by atoms with Crippen LogP contribution in [0.15, 0.2) is 18.2 Å². The Morgan fingerprint density at radius 1 is 1.19 bits per heavy atom. The smallest absolute Gasteiger partial charge is 0.225 e. The molecule has 1 saturated heterocycles. The van der Waals surface area contributed by atoms with Crippen molar-refractivity contribution in [2.75, 3.05) is 38.6 Å². The summed E-state index contributed by atoms with van der Waals surface area (Å²) in [6, 6.07) is 5.69. The summed E-state index contributed by atoms with van der Waals surface area (Å²) in [7, 11) is 1.88. The van der Waals surface area contributed by atoms with Gasteiger partial charge >= 0.3 is 0 Å². The minimum absolute atomic E-state index is 0.0445. The minimum Gasteiger partial charge on any atom is -0.494 e. The molecule has 1 N–H and O–H groups in total. The van der Waals surface area contributed by atoms with Crippen LogP contribution >= 0.6 is 0 Å². The fourth-order valence-corrected chi connectivity index (χ4v) is 4.21. The number of hydrogen-bond donors (Lipinski definition) is 1. The molecule has 0 radical (unpaired) electrons. The number of hydrogen-bond acceptors (Lipinski definition) is 4. The van der Waals surface area contributed by atoms with E-state index < -0.39 is 0 Å². The molecule has 7 nitrogen and oxygen atoms in total. The van der Waals surface area contributed by atoms with Crippen LogP contribution in [0.1, 0.15) is 57.4 Å². The predicted molar refractivity (Wildman–Crippen MR) is 120 cm³/mol. The number of unbranched alkanes of at least 4 members (excludes halogenated alkanes) is 1. The molecule has 170 valence electrons. The van der Waals surface area contributed by atoms with E-state index in [2.05, 4.69) is 12.2 Å². The number of aryl methyl sites for hydroxylation is 1. The van der Waals surface area contributed by atoms with E-state index in [1.54, 1.807) is 0 Å². The van der Waals surface area contributed by atoms with Gasteiger partial charge in [0.1, 0.15) is 5.75 Å². The summed E-state index contributed by atoms with van der Waals surface area (Å²) in [5, 5.41) is 2.86. The monoisotopic (exact) mass is 429 g/mol. The van der Waals surface area contributed by atoms with Gasteiger partial charge in [0.2, 0.25) is 17.7 Å². The van der Waals surface area contributed by atoms with Crippen molar-refractivity contribution in [3.8, 4) is 5.75 Å². The second-order valence-electron chi connectivity index (χ2n) is 8.59. The van der Waals surface area contributed by atoms with Crippen molar-refractivity contribution in [2.24, 2.45) is 5.92 Å². The molecule has 1 aromatic carbocycles. The Kier molecular flexibility index (Phi) is 8.32. The van der Waals surface area contributed by atoms with E-state index in [-0.39, 0.29) is 23.6 Å². The third kappa shape index (κ3) is 6.45. The van der Waals surface area contributed by atoms with Crippen molar-refractivity contribution < 1.29 is 19.1 Å². The average molecular weight is 430 g/mol. The van der Waals surface area contributed by atoms with Crippen LogP contribution in [0.3, 0.4) is 0 Å². The van der Waals surface area contributed by atoms with Crippen LogP contribution in [-0.4, -0.2) is 60.8 Å². The maximum absolute atomic E-state index is 12.5. The largest absolute Gasteiger partial charge is 0.494 e. The van der Waals surface area contributed by atoms with E-state index in [1.165, 1.54) is 0 Å². The molecule has 0 unspecified atom stereocenters. The second kappa shape index (κ2) is 11.2. The first-order chi connectivity index (χ1) is 15.0. The summed E-state index contributed by atoms with van der Waals surface area (Å²) >= 11 is 0. The Hall–Kier alpha value is -2.57. The number of amides is 3. The highest BCUT2D eigenvalue weighted by Crippen LogP contribution is 2.27. The molecule has 2 heterocycles. The number of fused-ring (bicyclic) bond motifs is 1. The molecular formula is C24H35N3O4. The Labute approximate surface area is 185 Å². The first kappa shape index (κ1) is 23.1. The van der Waals surface area contributed by atoms with E-state index in [9.17, 15) is 14.4 Å². The van der Waals surface area contributed by atoms with Crippen molar-refractivity contribution in [3.05, 3.63) is 23.8 Å². The van der Waals surface area contributed by atoms with Gasteiger partial charge in [0.05, 0.1) is 6.61 Å². The fourth-order valence-electron chi connectivity index (χ4n) is 4.21. The van der Waals surface area contributed by atoms with Crippen LogP contribution in [0.25, 0.3) is 0 Å². The zero-order chi connectivity index (χ0) is 22.2. The van der Waals surface area contributed by atoms with Crippen LogP contribution in [-0.2, 0) is 20.8 Å². The molecule has 0 spiro atoms. The lowest BCUT2D eigenvalue weighted by atomic mass is 9.95. The number of benzene rings is 1. The minimum atomic E-state index is 0.0445. The Morgan fingerprint density at radius 3 is 2.71 bits per heavy atom. The summed E-state index contributed by atoms with van der Waals surface area (Å²) in [4.78, 5) is 40.2. The summed E-state index contributed by atoms with van der Waals surface area (Å²) in [6.45, 7) is 4.74. The van der Waals surface area contributed by atoms with Crippen molar-refractivity contribution >= 4 is 23.4 Å². The molecule has 0 bridgehead atoms. The fraction of sp³-hybridized carbons (Fsp3) is 0.625. The van der Waals surface area contributed by atoms with E-state index >= 15 is 0 Å². The van der Waals surface area contributed by atoms with Crippen LogP contribution in [0.5, 0.6) is 5.75 Å². The average Bonchev–Trinajstić information content (AvgIpc) is 2.79. The Balaban J connectivity index is 1.34. The molecule has 2 aliphatic rings. The third-order valence-electron chi connectivity index (χ3n) is 6.20. The number of rotatable bonds is 9. The van der Waals surface area contributed by atoms with Crippen LogP contribution < -0.4 is 10.1 Å². The number of carbonyl (C=O) groups is 3. The van der Waals surface area contributed by atoms with Crippen LogP contribution in [0.2, 0.25) is 0 Å². The number of nitrogens with zero attached hydrogens (tertiary/aromatic N) is 2. The predicted octanol–water partition coefficient (Wildman–Crippen LogP) is 3.23. The van der Waals surface area contributed by atoms with Gasteiger partial charge in [0.25, 0.3) is 0 Å². The van der Waals surface area contributed by atoms with Gasteiger partial charge in [-0.1, -0.05) is 13.3 Å². The van der Waals surface area contributed by atoms with Gasteiger partial charge in [-0.2, -0.15) is 0 Å². The maximum Gasteiger partial charge on any atom is 0.225 e. The van der Waals surface area contributed by atoms with E-state index in [4.69, 9.17) is 4.74 Å². The van der Waals surface area contributed by atoms with E-state index in [0.717, 1.165) is 55.6 Å². The van der Waals surface area contributed by atoms with Crippen molar-refractivity contribution in [1.82, 2.24) is 9.80 Å². The lowest BCUT2D eigenvalue weighted by Gasteiger charge is -2.33. The van der Waals surface area contributed by atoms with Gasteiger partial charge in [-0.15, -0.1) is 0 Å². The SMILES string of the molecule is CCCCN(C)C(=O)C1CCN(C(=O)CCCOc2ccc3c(c2)CCC(=O)N3)CC1. The third-order valence-corrected chi connectivity index (χ3v) is 6.20. The molecule has 1 aromatic rings. The maximum atomic E-state index is 12.5. The van der Waals surface area contributed by atoms with Crippen molar-refractivity contribution in [3.63, 3.8) is 0 Å². The zero-order valence-electron chi connectivity index (χ0n) is 18.8. The van der Waals surface area contributed by atoms with Gasteiger partial charge in [0.15, 0.2) is 0 Å². The van der Waals surface area contributed by atoms with Crippen molar-refractivity contribution in [1.29, 1.82) is 0 Å². The van der Waals surface area contributed by atoms with Gasteiger partial charge in [0, 0.05) is 51.1 Å². The molecule has 1 fully saturated rings. The standard InChI is InChI=1S/C24H35N3O4/c1-3-4-13-26(2)24(30)18-11-14-27(15-12-18)23(29)6-5-16-31-20-8-9-21-19(17-20)7-10-22(28)25-21/h8-9,17-18H,3-7,10-16H2,1-2H3,(H,25,28). The number of ether oxygens (including phenoxy) is 1. The highest BCUT2D eigenvalue weighted by Gasteiger charge is 2.28. The lowest BCUT2D eigenvalue weighted by molar-refractivity contribution is -0.140. The van der Waals surface area contributed by atoms with Gasteiger partial charge in [-0.3, -0.25) is 14.4 Å². The Bertz CT molecular complexity index is 787. The topological polar surface area (TPSA) is 79.0 Å². The number of anilines is 1. The summed E-state index contributed by atoms with van der Waals surface area (Å²) < 4.78 is 5.81. The van der Waals surface area contributed by atoms with Crippen LogP contribution in [0.4, 0.5) is 5.69 Å². The quantitative estimate of drug-likeness (QED) is 0.612. The van der Waals surface area contributed by atoms with E-state index in [1.807, 2.05) is 35.0 Å². The summed E-state index contributed by atoms with van der Waals surface area (Å²) in [5.41, 5.74) is 1.95. The molecule has 7 heteroatoms. The molecule has 3 amide bonds. The molecule has 0 atom stereocenters. The number of nitrogens with one attached hydrogen (secondary N) is 1. The lowest BCUT2D eigenvalue weighted by Crippen LogP contribution is -2.43. The molecular weight excluding hydrogens is 394 g/mol. The molecule has 0 aliphatic carbocycles.